The molecule has 1 N–H and O–H groups in total. The van der Waals surface area contributed by atoms with Crippen LogP contribution in [0.3, 0.4) is 0 Å². The van der Waals surface area contributed by atoms with Gasteiger partial charge in [0, 0.05) is 29.4 Å². The third-order valence-electron chi connectivity index (χ3n) is 5.72. The summed E-state index contributed by atoms with van der Waals surface area (Å²) < 4.78 is 16.3. The number of nitrogens with zero attached hydrogens (tertiary/aromatic N) is 4. The molecule has 27 heavy (non-hydrogen) atoms. The van der Waals surface area contributed by atoms with Crippen molar-refractivity contribution in [3.63, 3.8) is 0 Å². The number of hydrogen-bond acceptors (Lipinski definition) is 4. The summed E-state index contributed by atoms with van der Waals surface area (Å²) in [6.45, 7) is -0.187. The zero-order valence-electron chi connectivity index (χ0n) is 15.0. The van der Waals surface area contributed by atoms with Gasteiger partial charge in [0.05, 0.1) is 24.2 Å². The van der Waals surface area contributed by atoms with Gasteiger partial charge in [0.1, 0.15) is 5.82 Å². The minimum Gasteiger partial charge on any atom is -0.390 e. The number of hydrogen-bond donors (Lipinski definition) is 1. The number of pyridine rings is 1. The van der Waals surface area contributed by atoms with E-state index in [1.54, 1.807) is 4.40 Å². The van der Waals surface area contributed by atoms with Crippen LogP contribution >= 0.6 is 0 Å². The minimum absolute atomic E-state index is 0.187. The first kappa shape index (κ1) is 16.6. The number of imidazole rings is 1. The van der Waals surface area contributed by atoms with Gasteiger partial charge in [-0.1, -0.05) is 12.5 Å². The molecule has 3 aromatic rings. The van der Waals surface area contributed by atoms with Gasteiger partial charge in [-0.3, -0.25) is 4.40 Å². The molecule has 3 aromatic heterocycles. The average molecular weight is 364 g/mol. The van der Waals surface area contributed by atoms with E-state index in [0.29, 0.717) is 11.6 Å². The Bertz CT molecular complexity index is 1050. The van der Waals surface area contributed by atoms with Gasteiger partial charge in [-0.15, -0.1) is 0 Å². The predicted molar refractivity (Wildman–Crippen MR) is 99.7 cm³/mol. The maximum absolute atomic E-state index is 14.6. The first-order valence-electron chi connectivity index (χ1n) is 9.57. The molecular formula is C21H21FN4O. The van der Waals surface area contributed by atoms with Crippen LogP contribution < -0.4 is 0 Å². The van der Waals surface area contributed by atoms with Gasteiger partial charge >= 0.3 is 0 Å². The smallest absolute Gasteiger partial charge is 0.173 e. The zero-order chi connectivity index (χ0) is 18.4. The molecule has 0 radical (unpaired) electrons. The van der Waals surface area contributed by atoms with Crippen LogP contribution in [0, 0.1) is 5.82 Å². The van der Waals surface area contributed by atoms with Crippen LogP contribution in [0.2, 0.25) is 0 Å². The molecule has 0 aliphatic heterocycles. The second kappa shape index (κ2) is 6.53. The van der Waals surface area contributed by atoms with E-state index in [4.69, 9.17) is 4.98 Å². The Labute approximate surface area is 156 Å². The van der Waals surface area contributed by atoms with E-state index >= 15 is 0 Å². The summed E-state index contributed by atoms with van der Waals surface area (Å²) in [7, 11) is 0. The van der Waals surface area contributed by atoms with Gasteiger partial charge < -0.3 is 5.11 Å². The molecule has 1 fully saturated rings. The number of allylic oxidation sites excluding steroid dienone is 1. The van der Waals surface area contributed by atoms with E-state index in [1.165, 1.54) is 31.5 Å². The maximum atomic E-state index is 14.6. The van der Waals surface area contributed by atoms with E-state index < -0.39 is 5.82 Å². The molecule has 2 aliphatic carbocycles. The van der Waals surface area contributed by atoms with Crippen LogP contribution in [0.4, 0.5) is 4.39 Å². The normalized spacial score (nSPS) is 17.3. The molecule has 0 unspecified atom stereocenters. The zero-order valence-corrected chi connectivity index (χ0v) is 15.0. The van der Waals surface area contributed by atoms with Crippen LogP contribution in [0.25, 0.3) is 11.2 Å². The summed E-state index contributed by atoms with van der Waals surface area (Å²) in [5.41, 5.74) is 4.56. The van der Waals surface area contributed by atoms with E-state index in [0.717, 1.165) is 47.5 Å². The SMILES string of the molecule is OCc1cnc2c(F)cc(C3=CCCCc4nc(C5CCC5)ncc43)cn12. The summed E-state index contributed by atoms with van der Waals surface area (Å²) >= 11 is 0. The molecule has 0 aromatic carbocycles. The fourth-order valence-corrected chi connectivity index (χ4v) is 3.97. The number of halogens is 1. The predicted octanol–water partition coefficient (Wildman–Crippen LogP) is 3.79. The first-order chi connectivity index (χ1) is 13.2. The fourth-order valence-electron chi connectivity index (χ4n) is 3.97. The van der Waals surface area contributed by atoms with Crippen LogP contribution in [0.5, 0.6) is 0 Å². The molecule has 5 rings (SSSR count). The Morgan fingerprint density at radius 1 is 1.19 bits per heavy atom. The topological polar surface area (TPSA) is 63.3 Å². The molecular weight excluding hydrogens is 343 g/mol. The van der Waals surface area contributed by atoms with E-state index in [2.05, 4.69) is 16.0 Å². The number of rotatable bonds is 3. The second-order valence-corrected chi connectivity index (χ2v) is 7.40. The van der Waals surface area contributed by atoms with Crippen molar-refractivity contribution >= 4 is 11.2 Å². The Morgan fingerprint density at radius 2 is 2.07 bits per heavy atom. The Morgan fingerprint density at radius 3 is 2.85 bits per heavy atom. The highest BCUT2D eigenvalue weighted by Crippen LogP contribution is 2.36. The van der Waals surface area contributed by atoms with Gasteiger partial charge in [0.25, 0.3) is 0 Å². The molecule has 0 atom stereocenters. The average Bonchev–Trinajstić information content (AvgIpc) is 2.93. The number of fused-ring (bicyclic) bond motifs is 2. The van der Waals surface area contributed by atoms with Crippen LogP contribution in [0.1, 0.15) is 66.4 Å². The lowest BCUT2D eigenvalue weighted by Crippen LogP contribution is -2.14. The lowest BCUT2D eigenvalue weighted by molar-refractivity contribution is 0.275. The van der Waals surface area contributed by atoms with Gasteiger partial charge in [0.2, 0.25) is 0 Å². The summed E-state index contributed by atoms with van der Waals surface area (Å²) in [5.74, 6) is 1.06. The first-order valence-corrected chi connectivity index (χ1v) is 9.57. The lowest BCUT2D eigenvalue weighted by Gasteiger charge is -2.24. The van der Waals surface area contributed by atoms with Crippen molar-refractivity contribution in [2.75, 3.05) is 0 Å². The molecule has 6 heteroatoms. The molecule has 1 saturated carbocycles. The highest BCUT2D eigenvalue weighted by Gasteiger charge is 2.24. The van der Waals surface area contributed by atoms with Gasteiger partial charge in [-0.25, -0.2) is 19.3 Å². The van der Waals surface area contributed by atoms with Crippen molar-refractivity contribution in [3.8, 4) is 0 Å². The lowest BCUT2D eigenvalue weighted by atomic mass is 9.84. The number of aryl methyl sites for hydroxylation is 1. The summed E-state index contributed by atoms with van der Waals surface area (Å²) in [6, 6.07) is 1.52. The monoisotopic (exact) mass is 364 g/mol. The van der Waals surface area contributed by atoms with Crippen molar-refractivity contribution < 1.29 is 9.50 Å². The fraction of sp³-hybridized carbons (Fsp3) is 0.381. The second-order valence-electron chi connectivity index (χ2n) is 7.40. The molecule has 0 saturated heterocycles. The van der Waals surface area contributed by atoms with Gasteiger partial charge in [-0.05, 0) is 43.7 Å². The van der Waals surface area contributed by atoms with E-state index in [1.807, 2.05) is 12.4 Å². The molecule has 0 amide bonds. The Hall–Kier alpha value is -2.60. The molecule has 5 nitrogen and oxygen atoms in total. The van der Waals surface area contributed by atoms with E-state index in [-0.39, 0.29) is 12.3 Å². The van der Waals surface area contributed by atoms with Crippen LogP contribution in [0.15, 0.2) is 30.7 Å². The number of aliphatic hydroxyl groups is 1. The highest BCUT2D eigenvalue weighted by atomic mass is 19.1. The van der Waals surface area contributed by atoms with Crippen molar-refractivity contribution in [2.45, 2.75) is 51.0 Å². The summed E-state index contributed by atoms with van der Waals surface area (Å²) in [5, 5.41) is 9.51. The number of aromatic nitrogens is 4. The quantitative estimate of drug-likeness (QED) is 0.768. The van der Waals surface area contributed by atoms with Crippen molar-refractivity contribution in [3.05, 3.63) is 64.9 Å². The van der Waals surface area contributed by atoms with Gasteiger partial charge in [0.15, 0.2) is 11.5 Å². The van der Waals surface area contributed by atoms with Crippen LogP contribution in [-0.4, -0.2) is 24.5 Å². The molecule has 138 valence electrons. The summed E-state index contributed by atoms with van der Waals surface area (Å²) in [4.78, 5) is 13.6. The maximum Gasteiger partial charge on any atom is 0.173 e. The molecule has 3 heterocycles. The molecule has 0 bridgehead atoms. The number of aliphatic hydroxyl groups excluding tert-OH is 1. The molecule has 2 aliphatic rings. The highest BCUT2D eigenvalue weighted by molar-refractivity contribution is 5.81. The third-order valence-corrected chi connectivity index (χ3v) is 5.72. The van der Waals surface area contributed by atoms with Crippen molar-refractivity contribution in [1.29, 1.82) is 0 Å². The van der Waals surface area contributed by atoms with Gasteiger partial charge in [-0.2, -0.15) is 0 Å². The van der Waals surface area contributed by atoms with E-state index in [9.17, 15) is 9.50 Å². The van der Waals surface area contributed by atoms with Crippen LogP contribution in [-0.2, 0) is 13.0 Å². The largest absolute Gasteiger partial charge is 0.390 e. The standard InChI is InChI=1S/C21H21FN4O/c22-18-8-14(11-26-15(12-27)9-24-21(18)26)16-6-1-2-7-19-17(16)10-23-20(25-19)13-4-3-5-13/h6,8-11,13,27H,1-5,7,12H2. The van der Waals surface area contributed by atoms with Crippen molar-refractivity contribution in [2.24, 2.45) is 0 Å². The van der Waals surface area contributed by atoms with Crippen molar-refractivity contribution in [1.82, 2.24) is 19.4 Å². The molecule has 0 spiro atoms. The summed E-state index contributed by atoms with van der Waals surface area (Å²) in [6.07, 6.45) is 13.9. The Kier molecular flexibility index (Phi) is 4.01. The third kappa shape index (κ3) is 2.75. The minimum atomic E-state index is -0.397. The Balaban J connectivity index is 1.63.